The molecule has 0 spiro atoms. The maximum absolute atomic E-state index is 13.0. The highest BCUT2D eigenvalue weighted by Crippen LogP contribution is 2.37. The summed E-state index contributed by atoms with van der Waals surface area (Å²) < 4.78 is 20.5. The molecule has 2 aromatic carbocycles. The largest absolute Gasteiger partial charge is 0.495 e. The standard InChI is InChI=1S/C37H50BN5O6/c1-23-20-27(11-14-30(23)38-48-36(3,4)37(5,6)49-38)47-24(2)8-9-25-16-18-43(19-17-25)22-33(45)39-26-10-12-28-31(21-26)42(7)41-34(28)29-13-15-32(44)40-35(29)46/h10-12,14,20-21,24-25,29H,8-9,13,15-19,22H2,1-7H3,(H,39,45)(H,40,44,46)/t24-,29?/m0/s1. The number of amides is 3. The van der Waals surface area contributed by atoms with Gasteiger partial charge in [0.25, 0.3) is 0 Å². The summed E-state index contributed by atoms with van der Waals surface area (Å²) in [7, 11) is 1.44. The van der Waals surface area contributed by atoms with Crippen molar-refractivity contribution in [3.8, 4) is 5.75 Å². The molecule has 262 valence electrons. The minimum Gasteiger partial charge on any atom is -0.491 e. The topological polar surface area (TPSA) is 124 Å². The number of hydrogen-bond donors (Lipinski definition) is 2. The maximum Gasteiger partial charge on any atom is 0.495 e. The number of carbonyl (C=O) groups excluding carboxylic acids is 3. The molecule has 0 saturated carbocycles. The average molecular weight is 672 g/mol. The van der Waals surface area contributed by atoms with Crippen LogP contribution in [0.1, 0.15) is 90.3 Å². The molecule has 3 fully saturated rings. The van der Waals surface area contributed by atoms with Gasteiger partial charge in [-0.3, -0.25) is 29.3 Å². The summed E-state index contributed by atoms with van der Waals surface area (Å²) in [6.07, 6.45) is 5.04. The van der Waals surface area contributed by atoms with Crippen LogP contribution in [0, 0.1) is 12.8 Å². The Balaban J connectivity index is 0.933. The van der Waals surface area contributed by atoms with Crippen molar-refractivity contribution in [1.29, 1.82) is 0 Å². The third-order valence-corrected chi connectivity index (χ3v) is 10.9. The molecule has 1 aromatic heterocycles. The normalized spacial score (nSPS) is 21.9. The summed E-state index contributed by atoms with van der Waals surface area (Å²) >= 11 is 0. The van der Waals surface area contributed by atoms with Gasteiger partial charge in [0.05, 0.1) is 41.0 Å². The molecule has 11 nitrogen and oxygen atoms in total. The van der Waals surface area contributed by atoms with E-state index in [9.17, 15) is 14.4 Å². The molecule has 6 rings (SSSR count). The molecule has 1 unspecified atom stereocenters. The molecule has 0 bridgehead atoms. The zero-order chi connectivity index (χ0) is 35.1. The fraction of sp³-hybridized carbons (Fsp3) is 0.568. The first-order valence-corrected chi connectivity index (χ1v) is 17.6. The van der Waals surface area contributed by atoms with Crippen LogP contribution < -0.4 is 20.8 Å². The lowest BCUT2D eigenvalue weighted by atomic mass is 9.76. The van der Waals surface area contributed by atoms with Gasteiger partial charge in [0, 0.05) is 24.5 Å². The van der Waals surface area contributed by atoms with Gasteiger partial charge in [0.2, 0.25) is 17.7 Å². The molecule has 2 atom stereocenters. The molecule has 3 aliphatic heterocycles. The number of ether oxygens (including phenoxy) is 1. The zero-order valence-corrected chi connectivity index (χ0v) is 29.9. The number of carbonyl (C=O) groups is 3. The lowest BCUT2D eigenvalue weighted by Crippen LogP contribution is -2.41. The Morgan fingerprint density at radius 1 is 1.08 bits per heavy atom. The molecule has 4 heterocycles. The first kappa shape index (κ1) is 35.1. The molecule has 2 N–H and O–H groups in total. The minimum atomic E-state index is -0.462. The number of anilines is 1. The highest BCUT2D eigenvalue weighted by molar-refractivity contribution is 6.62. The van der Waals surface area contributed by atoms with E-state index in [-0.39, 0.29) is 42.1 Å². The van der Waals surface area contributed by atoms with E-state index in [1.807, 2.05) is 31.3 Å². The number of aryl methyl sites for hydroxylation is 2. The Hall–Kier alpha value is -3.74. The number of likely N-dealkylation sites (tertiary alicyclic amines) is 1. The fourth-order valence-corrected chi connectivity index (χ4v) is 7.13. The van der Waals surface area contributed by atoms with Crippen LogP contribution in [0.3, 0.4) is 0 Å². The van der Waals surface area contributed by atoms with Gasteiger partial charge in [-0.05, 0) is 134 Å². The number of nitrogens with zero attached hydrogens (tertiary/aromatic N) is 3. The molecule has 3 aliphatic rings. The number of imide groups is 1. The highest BCUT2D eigenvalue weighted by Gasteiger charge is 2.52. The Bertz CT molecular complexity index is 1710. The van der Waals surface area contributed by atoms with E-state index in [2.05, 4.69) is 74.3 Å². The van der Waals surface area contributed by atoms with Crippen LogP contribution in [0.5, 0.6) is 5.75 Å². The molecule has 3 amide bonds. The van der Waals surface area contributed by atoms with Crippen molar-refractivity contribution < 1.29 is 28.4 Å². The van der Waals surface area contributed by atoms with Gasteiger partial charge in [0.15, 0.2) is 0 Å². The van der Waals surface area contributed by atoms with Crippen molar-refractivity contribution >= 4 is 46.9 Å². The summed E-state index contributed by atoms with van der Waals surface area (Å²) in [5.41, 5.74) is 3.56. The molecular formula is C37H50BN5O6. The van der Waals surface area contributed by atoms with Crippen LogP contribution in [0.2, 0.25) is 0 Å². The van der Waals surface area contributed by atoms with Crippen LogP contribution in [-0.2, 0) is 30.7 Å². The van der Waals surface area contributed by atoms with E-state index in [4.69, 9.17) is 14.0 Å². The van der Waals surface area contributed by atoms with Crippen molar-refractivity contribution in [1.82, 2.24) is 20.0 Å². The van der Waals surface area contributed by atoms with Gasteiger partial charge >= 0.3 is 7.12 Å². The molecule has 0 radical (unpaired) electrons. The first-order valence-electron chi connectivity index (χ1n) is 17.6. The predicted molar refractivity (Wildman–Crippen MR) is 190 cm³/mol. The van der Waals surface area contributed by atoms with Crippen LogP contribution in [0.25, 0.3) is 10.9 Å². The van der Waals surface area contributed by atoms with Crippen molar-refractivity contribution in [3.63, 3.8) is 0 Å². The van der Waals surface area contributed by atoms with Gasteiger partial charge in [-0.25, -0.2) is 0 Å². The lowest BCUT2D eigenvalue weighted by Gasteiger charge is -2.32. The molecular weight excluding hydrogens is 621 g/mol. The Kier molecular flexibility index (Phi) is 9.94. The Morgan fingerprint density at radius 2 is 1.80 bits per heavy atom. The van der Waals surface area contributed by atoms with E-state index in [1.165, 1.54) is 0 Å². The molecule has 3 aromatic rings. The van der Waals surface area contributed by atoms with Gasteiger partial charge in [0.1, 0.15) is 5.75 Å². The fourth-order valence-electron chi connectivity index (χ4n) is 7.13. The average Bonchev–Trinajstić information content (AvgIpc) is 3.46. The molecule has 3 saturated heterocycles. The van der Waals surface area contributed by atoms with Gasteiger partial charge in [-0.2, -0.15) is 5.10 Å². The van der Waals surface area contributed by atoms with Crippen molar-refractivity contribution in [2.75, 3.05) is 25.0 Å². The second-order valence-electron chi connectivity index (χ2n) is 15.1. The van der Waals surface area contributed by atoms with E-state index in [0.717, 1.165) is 66.5 Å². The number of piperidine rings is 2. The van der Waals surface area contributed by atoms with Crippen molar-refractivity contribution in [2.45, 2.75) is 103 Å². The van der Waals surface area contributed by atoms with Crippen molar-refractivity contribution in [2.24, 2.45) is 13.0 Å². The number of benzene rings is 2. The van der Waals surface area contributed by atoms with E-state index in [0.29, 0.717) is 36.7 Å². The lowest BCUT2D eigenvalue weighted by molar-refractivity contribution is -0.134. The number of aromatic nitrogens is 2. The third-order valence-electron chi connectivity index (χ3n) is 10.9. The number of rotatable bonds is 10. The quantitative estimate of drug-likeness (QED) is 0.237. The summed E-state index contributed by atoms with van der Waals surface area (Å²) in [4.78, 5) is 39.2. The number of hydrogen-bond acceptors (Lipinski definition) is 8. The Labute approximate surface area is 289 Å². The minimum absolute atomic E-state index is 0.0489. The third kappa shape index (κ3) is 7.71. The SMILES string of the molecule is Cc1cc(O[C@@H](C)CCC2CCN(CC(=O)Nc3ccc4c(C5CCC(=O)NC5=O)nn(C)c4c3)CC2)ccc1B1OC(C)(C)C(C)(C)O1. The predicted octanol–water partition coefficient (Wildman–Crippen LogP) is 4.60. The monoisotopic (exact) mass is 671 g/mol. The van der Waals surface area contributed by atoms with Crippen molar-refractivity contribution in [3.05, 3.63) is 47.7 Å². The van der Waals surface area contributed by atoms with Gasteiger partial charge < -0.3 is 19.4 Å². The van der Waals surface area contributed by atoms with E-state index >= 15 is 0 Å². The van der Waals surface area contributed by atoms with Gasteiger partial charge in [-0.1, -0.05) is 6.07 Å². The first-order chi connectivity index (χ1) is 23.2. The zero-order valence-electron chi connectivity index (χ0n) is 29.9. The maximum atomic E-state index is 13.0. The number of nitrogens with one attached hydrogen (secondary N) is 2. The summed E-state index contributed by atoms with van der Waals surface area (Å²) in [5, 5.41) is 10.9. The summed E-state index contributed by atoms with van der Waals surface area (Å²) in [6.45, 7) is 14.6. The van der Waals surface area contributed by atoms with Crippen LogP contribution in [0.15, 0.2) is 36.4 Å². The van der Waals surface area contributed by atoms with E-state index < -0.39 is 5.92 Å². The van der Waals surface area contributed by atoms with Crippen LogP contribution >= 0.6 is 0 Å². The highest BCUT2D eigenvalue weighted by atomic mass is 16.7. The second-order valence-corrected chi connectivity index (χ2v) is 15.1. The Morgan fingerprint density at radius 3 is 2.47 bits per heavy atom. The molecule has 12 heteroatoms. The number of fused-ring (bicyclic) bond motifs is 1. The smallest absolute Gasteiger partial charge is 0.491 e. The van der Waals surface area contributed by atoms with E-state index in [1.54, 1.807) is 4.68 Å². The summed E-state index contributed by atoms with van der Waals surface area (Å²) in [5.74, 6) is 0.412. The van der Waals surface area contributed by atoms with Gasteiger partial charge in [-0.15, -0.1) is 0 Å². The molecule has 0 aliphatic carbocycles. The summed E-state index contributed by atoms with van der Waals surface area (Å²) in [6, 6.07) is 11.8. The van der Waals surface area contributed by atoms with Crippen LogP contribution in [-0.4, -0.2) is 76.5 Å². The second kappa shape index (κ2) is 13.9. The molecule has 49 heavy (non-hydrogen) atoms. The van der Waals surface area contributed by atoms with Crippen LogP contribution in [0.4, 0.5) is 5.69 Å².